The van der Waals surface area contributed by atoms with Crippen molar-refractivity contribution in [2.45, 2.75) is 13.5 Å². The Labute approximate surface area is 134 Å². The second kappa shape index (κ2) is 5.63. The average Bonchev–Trinajstić information content (AvgIpc) is 3.00. The van der Waals surface area contributed by atoms with Crippen LogP contribution in [-0.2, 0) is 6.54 Å². The molecule has 0 aliphatic heterocycles. The fraction of sp³-hybridized carbons (Fsp3) is 0.143. The van der Waals surface area contributed by atoms with Gasteiger partial charge in [-0.05, 0) is 25.1 Å². The molecule has 3 N–H and O–H groups in total. The van der Waals surface area contributed by atoms with Crippen molar-refractivity contribution in [3.8, 4) is 0 Å². The number of nitrogens with zero attached hydrogens (tertiary/aromatic N) is 1. The minimum atomic E-state index is -0.185. The second-order valence-electron chi connectivity index (χ2n) is 4.53. The van der Waals surface area contributed by atoms with Gasteiger partial charge in [-0.3, -0.25) is 4.79 Å². The molecule has 3 rings (SSSR count). The summed E-state index contributed by atoms with van der Waals surface area (Å²) >= 11 is 8.87. The molecule has 21 heavy (non-hydrogen) atoms. The lowest BCUT2D eigenvalue weighted by atomic mass is 10.2. The molecule has 0 saturated heterocycles. The Balaban J connectivity index is 1.82. The van der Waals surface area contributed by atoms with Gasteiger partial charge in [-0.2, -0.15) is 0 Å². The van der Waals surface area contributed by atoms with Gasteiger partial charge >= 0.3 is 0 Å². The maximum Gasteiger partial charge on any atom is 0.263 e. The normalized spacial score (nSPS) is 11.0. The fourth-order valence-electron chi connectivity index (χ4n) is 2.00. The van der Waals surface area contributed by atoms with Crippen LogP contribution in [0, 0.1) is 6.92 Å². The van der Waals surface area contributed by atoms with Crippen LogP contribution in [0.25, 0.3) is 10.1 Å². The molecule has 3 aromatic rings. The Morgan fingerprint density at radius 3 is 3.00 bits per heavy atom. The van der Waals surface area contributed by atoms with E-state index in [0.717, 1.165) is 20.8 Å². The summed E-state index contributed by atoms with van der Waals surface area (Å²) in [6.45, 7) is 2.33. The summed E-state index contributed by atoms with van der Waals surface area (Å²) in [5, 5.41) is 7.26. The molecule has 2 heterocycles. The van der Waals surface area contributed by atoms with Crippen molar-refractivity contribution in [1.82, 2.24) is 10.3 Å². The highest BCUT2D eigenvalue weighted by atomic mass is 35.5. The number of carbonyl (C=O) groups is 1. The average molecular weight is 338 g/mol. The lowest BCUT2D eigenvalue weighted by Gasteiger charge is -2.02. The molecule has 0 unspecified atom stereocenters. The number of carbonyl (C=O) groups excluding carboxylic acids is 1. The number of nitrogens with one attached hydrogen (secondary N) is 1. The van der Waals surface area contributed by atoms with Crippen LogP contribution in [0.2, 0.25) is 5.02 Å². The van der Waals surface area contributed by atoms with E-state index in [9.17, 15) is 4.79 Å². The van der Waals surface area contributed by atoms with E-state index in [1.807, 2.05) is 24.4 Å². The summed E-state index contributed by atoms with van der Waals surface area (Å²) in [7, 11) is 0. The van der Waals surface area contributed by atoms with Crippen molar-refractivity contribution >= 4 is 56.0 Å². The molecule has 7 heteroatoms. The summed E-state index contributed by atoms with van der Waals surface area (Å²) < 4.78 is 0.912. The van der Waals surface area contributed by atoms with Gasteiger partial charge in [-0.25, -0.2) is 4.98 Å². The third-order valence-corrected chi connectivity index (χ3v) is 5.22. The van der Waals surface area contributed by atoms with Gasteiger partial charge in [-0.1, -0.05) is 11.6 Å². The minimum absolute atomic E-state index is 0.185. The van der Waals surface area contributed by atoms with E-state index >= 15 is 0 Å². The Morgan fingerprint density at radius 2 is 2.29 bits per heavy atom. The van der Waals surface area contributed by atoms with E-state index in [4.69, 9.17) is 17.3 Å². The van der Waals surface area contributed by atoms with Crippen molar-refractivity contribution < 1.29 is 4.79 Å². The number of amides is 1. The zero-order valence-electron chi connectivity index (χ0n) is 11.1. The number of nitrogen functional groups attached to an aromatic ring is 1. The van der Waals surface area contributed by atoms with Gasteiger partial charge in [0, 0.05) is 20.5 Å². The van der Waals surface area contributed by atoms with Crippen molar-refractivity contribution in [1.29, 1.82) is 0 Å². The molecule has 0 fully saturated rings. The van der Waals surface area contributed by atoms with Gasteiger partial charge in [0.05, 0.1) is 22.9 Å². The molecule has 1 amide bonds. The zero-order chi connectivity index (χ0) is 15.0. The number of hydrogen-bond donors (Lipinski definition) is 2. The number of hydrogen-bond acceptors (Lipinski definition) is 5. The van der Waals surface area contributed by atoms with Crippen molar-refractivity contribution in [2.24, 2.45) is 0 Å². The number of nitrogens with two attached hydrogens (primary N) is 1. The number of rotatable bonds is 3. The van der Waals surface area contributed by atoms with E-state index in [2.05, 4.69) is 10.3 Å². The number of benzene rings is 1. The van der Waals surface area contributed by atoms with Crippen molar-refractivity contribution in [3.05, 3.63) is 44.2 Å². The first-order valence-electron chi connectivity index (χ1n) is 6.21. The first kappa shape index (κ1) is 14.3. The standard InChI is InChI=1S/C14H12ClN3OS2/c1-7-18-9(6-20-7)5-17-14(19)13-12(16)10-3-2-8(15)4-11(10)21-13/h2-4,6H,5,16H2,1H3,(H,17,19). The topological polar surface area (TPSA) is 68.0 Å². The highest BCUT2D eigenvalue weighted by Gasteiger charge is 2.16. The lowest BCUT2D eigenvalue weighted by Crippen LogP contribution is -2.22. The number of fused-ring (bicyclic) bond motifs is 1. The molecule has 0 aliphatic carbocycles. The third-order valence-electron chi connectivity index (χ3n) is 2.99. The van der Waals surface area contributed by atoms with Crippen LogP contribution >= 0.6 is 34.3 Å². The minimum Gasteiger partial charge on any atom is -0.397 e. The van der Waals surface area contributed by atoms with E-state index in [-0.39, 0.29) is 5.91 Å². The summed E-state index contributed by atoms with van der Waals surface area (Å²) in [5.74, 6) is -0.185. The summed E-state index contributed by atoms with van der Waals surface area (Å²) in [5.41, 5.74) is 7.41. The largest absolute Gasteiger partial charge is 0.397 e. The number of anilines is 1. The highest BCUT2D eigenvalue weighted by molar-refractivity contribution is 7.21. The molecule has 0 radical (unpaired) electrons. The third kappa shape index (κ3) is 2.88. The van der Waals surface area contributed by atoms with E-state index in [0.29, 0.717) is 22.1 Å². The summed E-state index contributed by atoms with van der Waals surface area (Å²) in [6, 6.07) is 5.43. The van der Waals surface area contributed by atoms with Gasteiger partial charge in [0.25, 0.3) is 5.91 Å². The molecule has 0 bridgehead atoms. The molecule has 2 aromatic heterocycles. The first-order valence-corrected chi connectivity index (χ1v) is 8.28. The Morgan fingerprint density at radius 1 is 1.48 bits per heavy atom. The van der Waals surface area contributed by atoms with Gasteiger partial charge in [-0.15, -0.1) is 22.7 Å². The highest BCUT2D eigenvalue weighted by Crippen LogP contribution is 2.35. The van der Waals surface area contributed by atoms with Crippen LogP contribution in [0.15, 0.2) is 23.6 Å². The molecule has 0 spiro atoms. The van der Waals surface area contributed by atoms with Crippen molar-refractivity contribution in [3.63, 3.8) is 0 Å². The van der Waals surface area contributed by atoms with Crippen LogP contribution < -0.4 is 11.1 Å². The smallest absolute Gasteiger partial charge is 0.263 e. The molecule has 0 saturated carbocycles. The molecule has 1 aromatic carbocycles. The Hall–Kier alpha value is -1.63. The maximum absolute atomic E-state index is 12.3. The lowest BCUT2D eigenvalue weighted by molar-refractivity contribution is 0.0955. The van der Waals surface area contributed by atoms with Gasteiger partial charge in [0.2, 0.25) is 0 Å². The fourth-order valence-corrected chi connectivity index (χ4v) is 3.93. The molecule has 108 valence electrons. The molecular weight excluding hydrogens is 326 g/mol. The van der Waals surface area contributed by atoms with Crippen molar-refractivity contribution in [2.75, 3.05) is 5.73 Å². The predicted octanol–water partition coefficient (Wildman–Crippen LogP) is 3.83. The van der Waals surface area contributed by atoms with Crippen LogP contribution in [0.3, 0.4) is 0 Å². The van der Waals surface area contributed by atoms with Crippen LogP contribution in [-0.4, -0.2) is 10.9 Å². The molecule has 0 atom stereocenters. The Kier molecular flexibility index (Phi) is 3.84. The SMILES string of the molecule is Cc1nc(CNC(=O)c2sc3cc(Cl)ccc3c2N)cs1. The predicted molar refractivity (Wildman–Crippen MR) is 89.3 cm³/mol. The number of aryl methyl sites for hydroxylation is 1. The van der Waals surface area contributed by atoms with Gasteiger partial charge < -0.3 is 11.1 Å². The number of halogens is 1. The quantitative estimate of drug-likeness (QED) is 0.763. The zero-order valence-corrected chi connectivity index (χ0v) is 13.5. The molecule has 0 aliphatic rings. The van der Waals surface area contributed by atoms with E-state index in [1.165, 1.54) is 11.3 Å². The maximum atomic E-state index is 12.3. The monoisotopic (exact) mass is 337 g/mol. The molecule has 4 nitrogen and oxygen atoms in total. The summed E-state index contributed by atoms with van der Waals surface area (Å²) in [4.78, 5) is 17.1. The number of thiazole rings is 1. The number of aromatic nitrogens is 1. The second-order valence-corrected chi connectivity index (χ2v) is 7.08. The summed E-state index contributed by atoms with van der Waals surface area (Å²) in [6.07, 6.45) is 0. The van der Waals surface area contributed by atoms with E-state index in [1.54, 1.807) is 17.4 Å². The Bertz CT molecular complexity index is 825. The number of thiophene rings is 1. The van der Waals surface area contributed by atoms with Crippen LogP contribution in [0.5, 0.6) is 0 Å². The molecular formula is C14H12ClN3OS2. The van der Waals surface area contributed by atoms with Gasteiger partial charge in [0.1, 0.15) is 4.88 Å². The first-order chi connectivity index (χ1) is 10.0. The van der Waals surface area contributed by atoms with E-state index < -0.39 is 0 Å². The van der Waals surface area contributed by atoms with Crippen LogP contribution in [0.4, 0.5) is 5.69 Å². The van der Waals surface area contributed by atoms with Gasteiger partial charge in [0.15, 0.2) is 0 Å². The van der Waals surface area contributed by atoms with Crippen LogP contribution in [0.1, 0.15) is 20.4 Å².